The highest BCUT2D eigenvalue weighted by Gasteiger charge is 1.69. The summed E-state index contributed by atoms with van der Waals surface area (Å²) < 4.78 is 26.8. The van der Waals surface area contributed by atoms with Crippen LogP contribution in [0.2, 0.25) is 0 Å². The van der Waals surface area contributed by atoms with Crippen molar-refractivity contribution < 1.29 is 47.5 Å². The average molecular weight is 912 g/mol. The standard InChI is InChI=1S/9C2H8NP.6FH.H3O4P/c9*1-3(2)4;;;;;;;1-5(2,3)4/h9*4H2,1-2H3;6*1H;(H3,1,2,3,4). The molecule has 0 rings (SSSR count). The summed E-state index contributed by atoms with van der Waals surface area (Å²) in [7, 11) is 47.4. The van der Waals surface area contributed by atoms with Crippen LogP contribution in [0.5, 0.6) is 0 Å². The van der Waals surface area contributed by atoms with Crippen molar-refractivity contribution in [2.75, 3.05) is 127 Å². The van der Waals surface area contributed by atoms with Crippen molar-refractivity contribution in [2.45, 2.75) is 0 Å². The van der Waals surface area contributed by atoms with Crippen molar-refractivity contribution in [2.24, 2.45) is 0 Å². The zero-order valence-electron chi connectivity index (χ0n) is 32.7. The number of halogens is 6. The second-order valence-corrected chi connectivity index (χ2v) is 22.4. The van der Waals surface area contributed by atoms with E-state index in [2.05, 4.69) is 0 Å². The van der Waals surface area contributed by atoms with Gasteiger partial charge in [0.25, 0.3) is 0 Å². The third-order valence-electron chi connectivity index (χ3n) is 0. The van der Waals surface area contributed by atoms with Gasteiger partial charge in [0.05, 0.1) is 0 Å². The molecule has 29 heteroatoms. The first-order valence-corrected chi connectivity index (χ1v) is 18.8. The molecule has 0 saturated heterocycles. The minimum atomic E-state index is -5.39. The second-order valence-electron chi connectivity index (χ2n) is 10.2. The topological polar surface area (TPSA) is 115 Å². The smallest absolute Gasteiger partial charge is 0.0424 e. The van der Waals surface area contributed by atoms with Crippen LogP contribution in [0, 0.1) is 0 Å². The van der Waals surface area contributed by atoms with Gasteiger partial charge in [-0.05, 0) is 0 Å². The van der Waals surface area contributed by atoms with E-state index in [1.165, 1.54) is 0 Å². The van der Waals surface area contributed by atoms with Crippen LogP contribution in [0.1, 0.15) is 0 Å². The summed E-state index contributed by atoms with van der Waals surface area (Å²) in [5, 5.41) is 0. The maximum absolute atomic E-state index is 8.55. The SMILES string of the molecule is CN(C)[PH3+].CN(C)[PH3+].CN(C)[PH3+].CN(C)[PH3+].CN(C)[PH3+].CN(C)[PH3+].CN(C)[PH3+].CN(C)[PH3+].CN(C)[PH3+].O=P([O-])([O-])[O-].[F-].[F-].[F-].[F-].[F-].[F-]. The Hall–Kier alpha value is 3.20. The van der Waals surface area contributed by atoms with Crippen LogP contribution in [0.15, 0.2) is 0 Å². The Morgan fingerprint density at radius 1 is 0.277 bits per heavy atom. The maximum atomic E-state index is 8.55. The molecule has 0 fully saturated rings. The molecule has 9 atom stereocenters. The molecular weight excluding hydrogens is 830 g/mol. The van der Waals surface area contributed by atoms with Crippen molar-refractivity contribution in [1.82, 2.24) is 42.0 Å². The largest absolute Gasteiger partial charge is 1.00 e. The summed E-state index contributed by atoms with van der Waals surface area (Å²) in [4.78, 5) is 25.6. The molecule has 0 heterocycles. The summed E-state index contributed by atoms with van der Waals surface area (Å²) in [6.07, 6.45) is 0. The molecular formula is C18H81F6N9O4P10. The van der Waals surface area contributed by atoms with E-state index in [1.54, 1.807) is 0 Å². The minimum Gasteiger partial charge on any atom is -1.00 e. The summed E-state index contributed by atoms with van der Waals surface area (Å²) >= 11 is 0. The molecule has 0 aliphatic rings. The third kappa shape index (κ3) is 10700. The van der Waals surface area contributed by atoms with Gasteiger partial charge in [-0.15, -0.1) is 0 Å². The summed E-state index contributed by atoms with van der Waals surface area (Å²) in [6.45, 7) is 0. The minimum absolute atomic E-state index is 0. The third-order valence-corrected chi connectivity index (χ3v) is 0. The van der Waals surface area contributed by atoms with E-state index < -0.39 is 7.82 Å². The van der Waals surface area contributed by atoms with Crippen LogP contribution in [-0.2, 0) is 4.57 Å². The number of phosphoric acid groups is 1. The van der Waals surface area contributed by atoms with Crippen LogP contribution in [-0.4, -0.2) is 169 Å². The summed E-state index contributed by atoms with van der Waals surface area (Å²) in [5.74, 6) is 0. The molecule has 0 aromatic heterocycles. The first-order chi connectivity index (χ1) is 17.6. The lowest BCUT2D eigenvalue weighted by Gasteiger charge is -2.36. The van der Waals surface area contributed by atoms with E-state index in [0.717, 1.165) is 0 Å². The highest BCUT2D eigenvalue weighted by molar-refractivity contribution is 7.40. The van der Waals surface area contributed by atoms with Crippen molar-refractivity contribution in [3.8, 4) is 0 Å². The first kappa shape index (κ1) is 104. The summed E-state index contributed by atoms with van der Waals surface area (Å²) in [5.41, 5.74) is 0. The number of nitrogens with zero attached hydrogens (tertiary/aromatic N) is 9. The Morgan fingerprint density at radius 2 is 0.277 bits per heavy atom. The lowest BCUT2D eigenvalue weighted by Crippen LogP contribution is -3.00. The van der Waals surface area contributed by atoms with E-state index in [9.17, 15) is 0 Å². The molecule has 0 spiro atoms. The van der Waals surface area contributed by atoms with Crippen LogP contribution in [0.4, 0.5) is 0 Å². The number of hydrogen-bond donors (Lipinski definition) is 0. The molecule has 9 unspecified atom stereocenters. The van der Waals surface area contributed by atoms with Gasteiger partial charge in [0.1, 0.15) is 0 Å². The Kier molecular flexibility index (Phi) is 193. The molecule has 0 aliphatic heterocycles. The van der Waals surface area contributed by atoms with E-state index in [0.29, 0.717) is 0 Å². The maximum Gasteiger partial charge on any atom is 0.0424 e. The van der Waals surface area contributed by atoms with E-state index in [-0.39, 0.29) is 28.2 Å². The molecule has 0 saturated carbocycles. The van der Waals surface area contributed by atoms with Crippen LogP contribution in [0.25, 0.3) is 0 Å². The van der Waals surface area contributed by atoms with Gasteiger partial charge in [0, 0.05) is 211 Å². The highest BCUT2D eigenvalue weighted by atomic mass is 31.2. The van der Waals surface area contributed by atoms with Gasteiger partial charge in [-0.2, -0.15) is 49.9 Å². The second kappa shape index (κ2) is 87.2. The van der Waals surface area contributed by atoms with Gasteiger partial charge in [-0.25, -0.2) is 0 Å². The van der Waals surface area contributed by atoms with Crippen molar-refractivity contribution >= 4 is 92.3 Å². The lowest BCUT2D eigenvalue weighted by atomic mass is 11.3. The molecule has 0 aromatic rings. The van der Waals surface area contributed by atoms with Gasteiger partial charge in [-0.1, -0.05) is 0 Å². The molecule has 0 amide bonds. The Bertz CT molecular complexity index is 338. The summed E-state index contributed by atoms with van der Waals surface area (Å²) in [6, 6.07) is 0. The molecule has 13 nitrogen and oxygen atoms in total. The van der Waals surface area contributed by atoms with Gasteiger partial charge in [0.15, 0.2) is 0 Å². The molecule has 0 bridgehead atoms. The van der Waals surface area contributed by atoms with Crippen LogP contribution < -0.4 is 42.9 Å². The van der Waals surface area contributed by atoms with Crippen LogP contribution >= 0.6 is 92.3 Å². The Morgan fingerprint density at radius 3 is 0.277 bits per heavy atom. The monoisotopic (exact) mass is 911 g/mol. The molecule has 47 heavy (non-hydrogen) atoms. The fourth-order valence-electron chi connectivity index (χ4n) is 0. The van der Waals surface area contributed by atoms with Gasteiger partial charge < -0.3 is 47.5 Å². The predicted molar refractivity (Wildman–Crippen MR) is 231 cm³/mol. The Balaban J connectivity index is -0.0000000160. The van der Waals surface area contributed by atoms with E-state index in [1.807, 2.05) is 253 Å². The molecule has 0 radical (unpaired) electrons. The van der Waals surface area contributed by atoms with Gasteiger partial charge in [0.2, 0.25) is 0 Å². The van der Waals surface area contributed by atoms with E-state index >= 15 is 0 Å². The molecule has 314 valence electrons. The quantitative estimate of drug-likeness (QED) is 0.170. The van der Waals surface area contributed by atoms with Crippen LogP contribution in [0.3, 0.4) is 0 Å². The molecule has 0 aliphatic carbocycles. The lowest BCUT2D eigenvalue weighted by molar-refractivity contribution is -0.432. The van der Waals surface area contributed by atoms with Crippen molar-refractivity contribution in [1.29, 1.82) is 0 Å². The highest BCUT2D eigenvalue weighted by Crippen LogP contribution is 2.03. The fourth-order valence-corrected chi connectivity index (χ4v) is 0. The number of hydrogen-bond acceptors (Lipinski definition) is 13. The fraction of sp³-hybridized carbons (Fsp3) is 1.00. The van der Waals surface area contributed by atoms with E-state index in [4.69, 9.17) is 19.2 Å². The molecule has 0 N–H and O–H groups in total. The zero-order chi connectivity index (χ0) is 36.7. The zero-order valence-corrected chi connectivity index (χ0v) is 46.4. The molecule has 0 aromatic carbocycles. The van der Waals surface area contributed by atoms with Crippen molar-refractivity contribution in [3.63, 3.8) is 0 Å². The predicted octanol–water partition coefficient (Wildman–Crippen LogP) is -20.2. The van der Waals surface area contributed by atoms with Crippen molar-refractivity contribution in [3.05, 3.63) is 0 Å². The average Bonchev–Trinajstić information content (AvgIpc) is 2.46. The number of rotatable bonds is 0. The first-order valence-electron chi connectivity index (χ1n) is 11.6. The normalized spacial score (nSPS) is 8.72. The van der Waals surface area contributed by atoms with Gasteiger partial charge >= 0.3 is 0 Å². The Labute approximate surface area is 308 Å². The van der Waals surface area contributed by atoms with Gasteiger partial charge in [-0.3, -0.25) is 0 Å².